The van der Waals surface area contributed by atoms with E-state index in [1.165, 1.54) is 11.0 Å². The van der Waals surface area contributed by atoms with Gasteiger partial charge < -0.3 is 10.0 Å². The number of likely N-dealkylation sites (tertiary alicyclic amines) is 1. The molecule has 0 aromatic heterocycles. The first-order valence-corrected chi connectivity index (χ1v) is 7.34. The van der Waals surface area contributed by atoms with Crippen LogP contribution in [0.4, 0.5) is 8.78 Å². The quantitative estimate of drug-likeness (QED) is 0.933. The number of amides is 1. The van der Waals surface area contributed by atoms with Gasteiger partial charge in [0.25, 0.3) is 0 Å². The Balaban J connectivity index is 1.75. The summed E-state index contributed by atoms with van der Waals surface area (Å²) in [6, 6.07) is 3.66. The highest BCUT2D eigenvalue weighted by atomic mass is 19.2. The van der Waals surface area contributed by atoms with Crippen molar-refractivity contribution in [3.8, 4) is 0 Å². The minimum atomic E-state index is -1.15. The van der Waals surface area contributed by atoms with Gasteiger partial charge in [-0.3, -0.25) is 4.79 Å². The average molecular weight is 309 g/mol. The third-order valence-electron chi connectivity index (χ3n) is 4.85. The Morgan fingerprint density at radius 1 is 1.32 bits per heavy atom. The van der Waals surface area contributed by atoms with Crippen molar-refractivity contribution >= 4 is 11.9 Å². The van der Waals surface area contributed by atoms with Crippen molar-refractivity contribution in [1.82, 2.24) is 4.90 Å². The van der Waals surface area contributed by atoms with Gasteiger partial charge in [-0.2, -0.15) is 0 Å². The molecule has 1 saturated heterocycles. The SMILES string of the molecule is CC1(C(=O)O)CCCN1C(=O)C1CC1c1ccc(F)c(F)c1. The highest BCUT2D eigenvalue weighted by Gasteiger charge is 2.53. The summed E-state index contributed by atoms with van der Waals surface area (Å²) in [7, 11) is 0. The molecule has 1 saturated carbocycles. The third kappa shape index (κ3) is 2.26. The first-order valence-electron chi connectivity index (χ1n) is 7.34. The van der Waals surface area contributed by atoms with Crippen LogP contribution in [-0.4, -0.2) is 34.0 Å². The van der Waals surface area contributed by atoms with Crippen LogP contribution >= 0.6 is 0 Å². The number of carbonyl (C=O) groups is 2. The van der Waals surface area contributed by atoms with E-state index in [1.54, 1.807) is 6.92 Å². The van der Waals surface area contributed by atoms with Gasteiger partial charge in [0.2, 0.25) is 5.91 Å². The second-order valence-electron chi connectivity index (χ2n) is 6.29. The number of hydrogen-bond donors (Lipinski definition) is 1. The summed E-state index contributed by atoms with van der Waals surface area (Å²) in [5, 5.41) is 9.36. The van der Waals surface area contributed by atoms with Gasteiger partial charge in [0.15, 0.2) is 11.6 Å². The molecule has 2 fully saturated rings. The molecule has 1 amide bonds. The lowest BCUT2D eigenvalue weighted by atomic mass is 9.98. The van der Waals surface area contributed by atoms with E-state index >= 15 is 0 Å². The lowest BCUT2D eigenvalue weighted by Gasteiger charge is -2.31. The van der Waals surface area contributed by atoms with E-state index in [1.807, 2.05) is 0 Å². The molecule has 1 aromatic carbocycles. The Morgan fingerprint density at radius 3 is 2.68 bits per heavy atom. The van der Waals surface area contributed by atoms with Crippen molar-refractivity contribution in [2.45, 2.75) is 37.6 Å². The van der Waals surface area contributed by atoms with Gasteiger partial charge in [-0.1, -0.05) is 6.07 Å². The molecule has 0 spiro atoms. The first kappa shape index (κ1) is 14.9. The normalized spacial score (nSPS) is 30.4. The molecule has 3 atom stereocenters. The third-order valence-corrected chi connectivity index (χ3v) is 4.85. The number of hydrogen-bond acceptors (Lipinski definition) is 2. The number of halogens is 2. The predicted octanol–water partition coefficient (Wildman–Crippen LogP) is 2.53. The molecule has 3 unspecified atom stereocenters. The van der Waals surface area contributed by atoms with E-state index in [0.29, 0.717) is 31.4 Å². The van der Waals surface area contributed by atoms with Gasteiger partial charge in [-0.05, 0) is 49.8 Å². The molecule has 1 aliphatic heterocycles. The molecule has 0 bridgehead atoms. The summed E-state index contributed by atoms with van der Waals surface area (Å²) >= 11 is 0. The van der Waals surface area contributed by atoms with Gasteiger partial charge in [-0.25, -0.2) is 13.6 Å². The summed E-state index contributed by atoms with van der Waals surface area (Å²) in [6.07, 6.45) is 1.66. The fourth-order valence-electron chi connectivity index (χ4n) is 3.32. The maximum Gasteiger partial charge on any atom is 0.329 e. The minimum Gasteiger partial charge on any atom is -0.480 e. The maximum absolute atomic E-state index is 13.3. The Bertz CT molecular complexity index is 648. The van der Waals surface area contributed by atoms with Gasteiger partial charge >= 0.3 is 5.97 Å². The van der Waals surface area contributed by atoms with Crippen LogP contribution in [0.1, 0.15) is 37.7 Å². The van der Waals surface area contributed by atoms with Crippen LogP contribution in [0.2, 0.25) is 0 Å². The highest BCUT2D eigenvalue weighted by Crippen LogP contribution is 2.50. The van der Waals surface area contributed by atoms with Crippen molar-refractivity contribution in [2.24, 2.45) is 5.92 Å². The molecule has 1 aromatic rings. The lowest BCUT2D eigenvalue weighted by molar-refractivity contribution is -0.155. The van der Waals surface area contributed by atoms with E-state index in [2.05, 4.69) is 0 Å². The smallest absolute Gasteiger partial charge is 0.329 e. The summed E-state index contributed by atoms with van der Waals surface area (Å²) in [5.41, 5.74) is -0.563. The van der Waals surface area contributed by atoms with Gasteiger partial charge in [0.05, 0.1) is 0 Å². The second kappa shape index (κ2) is 5.04. The molecular formula is C16H17F2NO3. The largest absolute Gasteiger partial charge is 0.480 e. The summed E-state index contributed by atoms with van der Waals surface area (Å²) in [5.74, 6) is -3.51. The van der Waals surface area contributed by atoms with E-state index in [0.717, 1.165) is 12.1 Å². The molecule has 4 nitrogen and oxygen atoms in total. The zero-order valence-corrected chi connectivity index (χ0v) is 12.2. The van der Waals surface area contributed by atoms with Crippen LogP contribution in [0.5, 0.6) is 0 Å². The first-order chi connectivity index (χ1) is 10.3. The fraction of sp³-hybridized carbons (Fsp3) is 0.500. The number of carbonyl (C=O) groups excluding carboxylic acids is 1. The Kier molecular flexibility index (Phi) is 3.42. The van der Waals surface area contributed by atoms with Crippen molar-refractivity contribution in [1.29, 1.82) is 0 Å². The summed E-state index contributed by atoms with van der Waals surface area (Å²) in [6.45, 7) is 2.00. The Labute approximate surface area is 126 Å². The zero-order chi connectivity index (χ0) is 16.1. The highest BCUT2D eigenvalue weighted by molar-refractivity contribution is 5.90. The molecule has 1 heterocycles. The number of aliphatic carboxylic acids is 1. The number of rotatable bonds is 3. The monoisotopic (exact) mass is 309 g/mol. The molecule has 0 radical (unpaired) electrons. The molecule has 118 valence electrons. The summed E-state index contributed by atoms with van der Waals surface area (Å²) < 4.78 is 26.2. The Morgan fingerprint density at radius 2 is 2.05 bits per heavy atom. The second-order valence-corrected chi connectivity index (χ2v) is 6.29. The molecule has 3 rings (SSSR count). The van der Waals surface area contributed by atoms with Crippen LogP contribution in [-0.2, 0) is 9.59 Å². The van der Waals surface area contributed by atoms with Crippen molar-refractivity contribution in [3.05, 3.63) is 35.4 Å². The molecule has 1 N–H and O–H groups in total. The molecule has 22 heavy (non-hydrogen) atoms. The van der Waals surface area contributed by atoms with Crippen LogP contribution in [0.25, 0.3) is 0 Å². The number of benzene rings is 1. The van der Waals surface area contributed by atoms with Crippen LogP contribution in [0.15, 0.2) is 18.2 Å². The van der Waals surface area contributed by atoms with E-state index in [9.17, 15) is 23.5 Å². The van der Waals surface area contributed by atoms with Gasteiger partial charge in [0, 0.05) is 12.5 Å². The van der Waals surface area contributed by atoms with Crippen molar-refractivity contribution in [3.63, 3.8) is 0 Å². The Hall–Kier alpha value is -1.98. The molecule has 2 aliphatic rings. The standard InChI is InChI=1S/C16H17F2NO3/c1-16(15(21)22)5-2-6-19(16)14(20)11-8-10(11)9-3-4-12(17)13(18)7-9/h3-4,7,10-11H,2,5-6,8H2,1H3,(H,21,22). The summed E-state index contributed by atoms with van der Waals surface area (Å²) in [4.78, 5) is 25.4. The van der Waals surface area contributed by atoms with E-state index < -0.39 is 23.1 Å². The van der Waals surface area contributed by atoms with Crippen molar-refractivity contribution in [2.75, 3.05) is 6.54 Å². The number of carboxylic acids is 1. The van der Waals surface area contributed by atoms with E-state index in [-0.39, 0.29) is 17.7 Å². The van der Waals surface area contributed by atoms with Crippen LogP contribution in [0, 0.1) is 17.6 Å². The zero-order valence-electron chi connectivity index (χ0n) is 12.2. The van der Waals surface area contributed by atoms with Crippen LogP contribution in [0.3, 0.4) is 0 Å². The minimum absolute atomic E-state index is 0.152. The maximum atomic E-state index is 13.3. The van der Waals surface area contributed by atoms with Crippen LogP contribution < -0.4 is 0 Å². The molecular weight excluding hydrogens is 292 g/mol. The van der Waals surface area contributed by atoms with Gasteiger partial charge in [-0.15, -0.1) is 0 Å². The lowest BCUT2D eigenvalue weighted by Crippen LogP contribution is -2.51. The van der Waals surface area contributed by atoms with E-state index in [4.69, 9.17) is 0 Å². The van der Waals surface area contributed by atoms with Gasteiger partial charge in [0.1, 0.15) is 5.54 Å². The average Bonchev–Trinajstić information content (AvgIpc) is 3.17. The van der Waals surface area contributed by atoms with Crippen molar-refractivity contribution < 1.29 is 23.5 Å². The predicted molar refractivity (Wildman–Crippen MR) is 74.2 cm³/mol. The molecule has 1 aliphatic carbocycles. The fourth-order valence-corrected chi connectivity index (χ4v) is 3.32. The molecule has 6 heteroatoms. The topological polar surface area (TPSA) is 57.6 Å². The number of nitrogens with zero attached hydrogens (tertiary/aromatic N) is 1. The number of carboxylic acid groups (broad SMARTS) is 1.